The molecule has 2 rings (SSSR count). The summed E-state index contributed by atoms with van der Waals surface area (Å²) in [6.45, 7) is 0.488. The summed E-state index contributed by atoms with van der Waals surface area (Å²) in [5.74, 6) is -0.0609. The van der Waals surface area contributed by atoms with Crippen molar-refractivity contribution in [2.24, 2.45) is 0 Å². The molecule has 4 heteroatoms. The Morgan fingerprint density at radius 2 is 2.00 bits per heavy atom. The second-order valence-corrected chi connectivity index (χ2v) is 4.49. The number of aromatic hydroxyl groups is 1. The predicted molar refractivity (Wildman–Crippen MR) is 69.5 cm³/mol. The van der Waals surface area contributed by atoms with Crippen LogP contribution in [0.4, 0.5) is 10.1 Å². The number of phenols is 1. The van der Waals surface area contributed by atoms with E-state index in [0.29, 0.717) is 6.54 Å². The van der Waals surface area contributed by atoms with Crippen LogP contribution in [0.25, 0.3) is 0 Å². The number of halogens is 2. The zero-order valence-electron chi connectivity index (χ0n) is 8.95. The molecule has 0 aliphatic carbocycles. The highest BCUT2D eigenvalue weighted by Crippen LogP contribution is 2.20. The van der Waals surface area contributed by atoms with Crippen molar-refractivity contribution in [1.29, 1.82) is 0 Å². The van der Waals surface area contributed by atoms with Crippen LogP contribution in [0.15, 0.2) is 46.9 Å². The predicted octanol–water partition coefficient (Wildman–Crippen LogP) is 3.91. The fourth-order valence-electron chi connectivity index (χ4n) is 1.49. The lowest BCUT2D eigenvalue weighted by molar-refractivity contribution is 0.475. The Morgan fingerprint density at radius 3 is 2.76 bits per heavy atom. The van der Waals surface area contributed by atoms with Gasteiger partial charge < -0.3 is 10.4 Å². The first-order valence-electron chi connectivity index (χ1n) is 5.12. The molecule has 88 valence electrons. The molecule has 0 saturated carbocycles. The van der Waals surface area contributed by atoms with Gasteiger partial charge in [0, 0.05) is 22.8 Å². The summed E-state index contributed by atoms with van der Waals surface area (Å²) < 4.78 is 13.9. The Morgan fingerprint density at radius 1 is 1.18 bits per heavy atom. The van der Waals surface area contributed by atoms with Crippen molar-refractivity contribution in [3.05, 3.63) is 58.3 Å². The smallest absolute Gasteiger partial charge is 0.123 e. The minimum atomic E-state index is -0.263. The van der Waals surface area contributed by atoms with Crippen molar-refractivity contribution in [3.63, 3.8) is 0 Å². The van der Waals surface area contributed by atoms with Crippen LogP contribution in [-0.2, 0) is 6.54 Å². The van der Waals surface area contributed by atoms with Crippen molar-refractivity contribution >= 4 is 21.6 Å². The number of hydrogen-bond acceptors (Lipinski definition) is 2. The summed E-state index contributed by atoms with van der Waals surface area (Å²) in [6.07, 6.45) is 0. The molecule has 0 unspecified atom stereocenters. The lowest BCUT2D eigenvalue weighted by Gasteiger charge is -2.08. The average Bonchev–Trinajstić information content (AvgIpc) is 2.30. The van der Waals surface area contributed by atoms with E-state index in [1.807, 2.05) is 6.07 Å². The summed E-state index contributed by atoms with van der Waals surface area (Å²) >= 11 is 3.36. The summed E-state index contributed by atoms with van der Waals surface area (Å²) in [6, 6.07) is 11.4. The maximum Gasteiger partial charge on any atom is 0.123 e. The highest BCUT2D eigenvalue weighted by Gasteiger charge is 2.02. The number of anilines is 1. The normalized spacial score (nSPS) is 10.2. The Hall–Kier alpha value is -1.55. The number of rotatable bonds is 3. The maximum absolute atomic E-state index is 13.0. The van der Waals surface area contributed by atoms with Gasteiger partial charge in [-0.05, 0) is 35.9 Å². The van der Waals surface area contributed by atoms with E-state index in [9.17, 15) is 9.50 Å². The molecule has 0 aliphatic heterocycles. The Bertz CT molecular complexity index is 531. The molecule has 0 atom stereocenters. The highest BCUT2D eigenvalue weighted by atomic mass is 79.9. The van der Waals surface area contributed by atoms with Crippen LogP contribution >= 0.6 is 15.9 Å². The van der Waals surface area contributed by atoms with Gasteiger partial charge in [-0.1, -0.05) is 22.0 Å². The number of benzene rings is 2. The van der Waals surface area contributed by atoms with Crippen LogP contribution in [0.3, 0.4) is 0 Å². The first-order chi connectivity index (χ1) is 8.15. The number of nitrogens with one attached hydrogen (secondary N) is 1. The number of phenolic OH excluding ortho intramolecular Hbond substituents is 1. The lowest BCUT2D eigenvalue weighted by atomic mass is 10.2. The van der Waals surface area contributed by atoms with Gasteiger partial charge >= 0.3 is 0 Å². The van der Waals surface area contributed by atoms with Gasteiger partial charge in [0.15, 0.2) is 0 Å². The van der Waals surface area contributed by atoms with E-state index < -0.39 is 0 Å². The van der Waals surface area contributed by atoms with Gasteiger partial charge in [-0.2, -0.15) is 0 Å². The Kier molecular flexibility index (Phi) is 3.64. The van der Waals surface area contributed by atoms with E-state index in [0.717, 1.165) is 15.7 Å². The maximum atomic E-state index is 13.0. The minimum absolute atomic E-state index is 0.202. The average molecular weight is 296 g/mol. The summed E-state index contributed by atoms with van der Waals surface area (Å²) in [7, 11) is 0. The van der Waals surface area contributed by atoms with Crippen LogP contribution in [-0.4, -0.2) is 5.11 Å². The molecule has 2 nitrogen and oxygen atoms in total. The van der Waals surface area contributed by atoms with Crippen LogP contribution in [0.5, 0.6) is 5.75 Å². The summed E-state index contributed by atoms with van der Waals surface area (Å²) in [5, 5.41) is 12.4. The molecule has 0 radical (unpaired) electrons. The van der Waals surface area contributed by atoms with Gasteiger partial charge in [-0.3, -0.25) is 0 Å². The van der Waals surface area contributed by atoms with E-state index in [4.69, 9.17) is 0 Å². The van der Waals surface area contributed by atoms with Crippen LogP contribution in [0.1, 0.15) is 5.56 Å². The summed E-state index contributed by atoms with van der Waals surface area (Å²) in [5.41, 5.74) is 1.62. The van der Waals surface area contributed by atoms with Crippen molar-refractivity contribution in [1.82, 2.24) is 0 Å². The zero-order chi connectivity index (χ0) is 12.3. The number of hydrogen-bond donors (Lipinski definition) is 2. The van der Waals surface area contributed by atoms with Crippen LogP contribution < -0.4 is 5.32 Å². The SMILES string of the molecule is Oc1cccc(NCc2cc(F)ccc2Br)c1. The molecule has 0 spiro atoms. The van der Waals surface area contributed by atoms with Crippen molar-refractivity contribution in [2.75, 3.05) is 5.32 Å². The standard InChI is InChI=1S/C13H11BrFNO/c14-13-5-4-10(15)6-9(13)8-16-11-2-1-3-12(17)7-11/h1-7,16-17H,8H2. The molecule has 0 bridgehead atoms. The molecular formula is C13H11BrFNO. The molecule has 0 heterocycles. The summed E-state index contributed by atoms with van der Waals surface area (Å²) in [4.78, 5) is 0. The largest absolute Gasteiger partial charge is 0.508 e. The van der Waals surface area contributed by atoms with E-state index >= 15 is 0 Å². The Labute approximate surface area is 107 Å². The molecule has 0 aromatic heterocycles. The van der Waals surface area contributed by atoms with Crippen molar-refractivity contribution < 1.29 is 9.50 Å². The second-order valence-electron chi connectivity index (χ2n) is 3.64. The quantitative estimate of drug-likeness (QED) is 0.900. The van der Waals surface area contributed by atoms with Gasteiger partial charge in [-0.25, -0.2) is 4.39 Å². The molecule has 17 heavy (non-hydrogen) atoms. The van der Waals surface area contributed by atoms with Crippen LogP contribution in [0.2, 0.25) is 0 Å². The lowest BCUT2D eigenvalue weighted by Crippen LogP contribution is -2.00. The monoisotopic (exact) mass is 295 g/mol. The fraction of sp³-hybridized carbons (Fsp3) is 0.0769. The molecule has 0 amide bonds. The molecule has 2 aromatic carbocycles. The molecule has 0 saturated heterocycles. The molecule has 2 aromatic rings. The third kappa shape index (κ3) is 3.20. The van der Waals surface area contributed by atoms with E-state index in [1.54, 1.807) is 24.3 Å². The molecule has 0 aliphatic rings. The fourth-order valence-corrected chi connectivity index (χ4v) is 1.88. The van der Waals surface area contributed by atoms with E-state index in [-0.39, 0.29) is 11.6 Å². The molecule has 0 fully saturated rings. The van der Waals surface area contributed by atoms with Gasteiger partial charge in [0.2, 0.25) is 0 Å². The third-order valence-corrected chi connectivity index (χ3v) is 3.11. The highest BCUT2D eigenvalue weighted by molar-refractivity contribution is 9.10. The van der Waals surface area contributed by atoms with E-state index in [1.165, 1.54) is 12.1 Å². The van der Waals surface area contributed by atoms with Gasteiger partial charge in [-0.15, -0.1) is 0 Å². The van der Waals surface area contributed by atoms with Crippen molar-refractivity contribution in [3.8, 4) is 5.75 Å². The first-order valence-corrected chi connectivity index (χ1v) is 5.91. The van der Waals surface area contributed by atoms with Gasteiger partial charge in [0.25, 0.3) is 0 Å². The van der Waals surface area contributed by atoms with Crippen molar-refractivity contribution in [2.45, 2.75) is 6.54 Å². The van der Waals surface area contributed by atoms with E-state index in [2.05, 4.69) is 21.2 Å². The molecule has 2 N–H and O–H groups in total. The molecular weight excluding hydrogens is 285 g/mol. The third-order valence-electron chi connectivity index (χ3n) is 2.34. The van der Waals surface area contributed by atoms with Crippen LogP contribution in [0, 0.1) is 5.82 Å². The second kappa shape index (κ2) is 5.19. The Balaban J connectivity index is 2.09. The minimum Gasteiger partial charge on any atom is -0.508 e. The van der Waals surface area contributed by atoms with Gasteiger partial charge in [0.1, 0.15) is 11.6 Å². The zero-order valence-corrected chi connectivity index (χ0v) is 10.5. The first kappa shape index (κ1) is 11.9. The topological polar surface area (TPSA) is 32.3 Å². The van der Waals surface area contributed by atoms with Gasteiger partial charge in [0.05, 0.1) is 0 Å².